The van der Waals surface area contributed by atoms with Gasteiger partial charge in [0.05, 0.1) is 18.3 Å². The molecule has 1 aliphatic carbocycles. The molecular weight excluding hydrogens is 264 g/mol. The average molecular weight is 275 g/mol. The maximum atomic E-state index is 13.2. The standard InChI is InChI=1S/C13H11F2N5/c14-9-2-1-8(5-10(9)15)12(17)11-6-20(19-18-11)13(7-16)3-4-13/h1-2,5-6,12H,3-4,17H2. The molecule has 1 aromatic heterocycles. The summed E-state index contributed by atoms with van der Waals surface area (Å²) in [6.45, 7) is 0. The van der Waals surface area contributed by atoms with E-state index in [0.29, 0.717) is 11.3 Å². The lowest BCUT2D eigenvalue weighted by molar-refractivity contribution is 0.506. The summed E-state index contributed by atoms with van der Waals surface area (Å²) in [7, 11) is 0. The topological polar surface area (TPSA) is 80.5 Å². The molecule has 1 fully saturated rings. The van der Waals surface area contributed by atoms with E-state index in [-0.39, 0.29) is 0 Å². The number of aromatic nitrogens is 3. The van der Waals surface area contributed by atoms with E-state index in [4.69, 9.17) is 11.0 Å². The van der Waals surface area contributed by atoms with Crippen LogP contribution in [-0.4, -0.2) is 15.0 Å². The second-order valence-electron chi connectivity index (χ2n) is 4.88. The molecule has 7 heteroatoms. The van der Waals surface area contributed by atoms with Gasteiger partial charge in [0.15, 0.2) is 17.2 Å². The minimum atomic E-state index is -0.957. The highest BCUT2D eigenvalue weighted by atomic mass is 19.2. The predicted molar refractivity (Wildman–Crippen MR) is 65.2 cm³/mol. The van der Waals surface area contributed by atoms with Crippen molar-refractivity contribution < 1.29 is 8.78 Å². The summed E-state index contributed by atoms with van der Waals surface area (Å²) in [6.07, 6.45) is 3.04. The molecule has 1 atom stereocenters. The Hall–Kier alpha value is -2.33. The maximum Gasteiger partial charge on any atom is 0.159 e. The molecule has 0 bridgehead atoms. The Bertz CT molecular complexity index is 699. The van der Waals surface area contributed by atoms with Crippen LogP contribution in [0, 0.1) is 23.0 Å². The molecule has 102 valence electrons. The molecule has 2 aromatic rings. The highest BCUT2D eigenvalue weighted by Gasteiger charge is 2.46. The largest absolute Gasteiger partial charge is 0.319 e. The van der Waals surface area contributed by atoms with Crippen molar-refractivity contribution in [3.05, 3.63) is 47.3 Å². The lowest BCUT2D eigenvalue weighted by Crippen LogP contribution is -2.15. The minimum absolute atomic E-state index is 0.401. The zero-order valence-electron chi connectivity index (χ0n) is 10.4. The van der Waals surface area contributed by atoms with Gasteiger partial charge in [-0.3, -0.25) is 0 Å². The number of nitrogens with two attached hydrogens (primary N) is 1. The van der Waals surface area contributed by atoms with Crippen LogP contribution in [0.25, 0.3) is 0 Å². The third kappa shape index (κ3) is 1.94. The molecule has 3 rings (SSSR count). The molecule has 0 amide bonds. The van der Waals surface area contributed by atoms with Crippen LogP contribution in [0.1, 0.15) is 30.1 Å². The van der Waals surface area contributed by atoms with Crippen LogP contribution in [-0.2, 0) is 5.54 Å². The van der Waals surface area contributed by atoms with Gasteiger partial charge < -0.3 is 5.73 Å². The highest BCUT2D eigenvalue weighted by molar-refractivity contribution is 5.27. The zero-order chi connectivity index (χ0) is 14.3. The summed E-state index contributed by atoms with van der Waals surface area (Å²) in [5, 5.41) is 16.9. The Labute approximate surface area is 113 Å². The molecule has 0 spiro atoms. The number of rotatable bonds is 3. The number of nitriles is 1. The van der Waals surface area contributed by atoms with E-state index in [2.05, 4.69) is 16.4 Å². The van der Waals surface area contributed by atoms with Gasteiger partial charge in [0.1, 0.15) is 5.69 Å². The summed E-state index contributed by atoms with van der Waals surface area (Å²) < 4.78 is 27.6. The number of halogens is 2. The first kappa shape index (κ1) is 12.7. The number of benzene rings is 1. The Balaban J connectivity index is 1.89. The van der Waals surface area contributed by atoms with Crippen LogP contribution in [0.4, 0.5) is 8.78 Å². The van der Waals surface area contributed by atoms with Crippen LogP contribution >= 0.6 is 0 Å². The fraction of sp³-hybridized carbons (Fsp3) is 0.308. The second-order valence-corrected chi connectivity index (χ2v) is 4.88. The van der Waals surface area contributed by atoms with Crippen LogP contribution in [0.15, 0.2) is 24.4 Å². The van der Waals surface area contributed by atoms with Crippen LogP contribution in [0.2, 0.25) is 0 Å². The van der Waals surface area contributed by atoms with Crippen molar-refractivity contribution in [3.63, 3.8) is 0 Å². The second kappa shape index (κ2) is 4.35. The van der Waals surface area contributed by atoms with Crippen LogP contribution in [0.3, 0.4) is 0 Å². The lowest BCUT2D eigenvalue weighted by atomic mass is 10.1. The van der Waals surface area contributed by atoms with E-state index in [1.54, 1.807) is 6.20 Å². The van der Waals surface area contributed by atoms with Crippen molar-refractivity contribution in [3.8, 4) is 6.07 Å². The monoisotopic (exact) mass is 275 g/mol. The molecular formula is C13H11F2N5. The molecule has 1 heterocycles. The quantitative estimate of drug-likeness (QED) is 0.922. The van der Waals surface area contributed by atoms with Crippen molar-refractivity contribution in [1.82, 2.24) is 15.0 Å². The van der Waals surface area contributed by atoms with Gasteiger partial charge >= 0.3 is 0 Å². The third-order valence-electron chi connectivity index (χ3n) is 3.50. The molecule has 0 radical (unpaired) electrons. The van der Waals surface area contributed by atoms with Gasteiger partial charge in [-0.15, -0.1) is 5.10 Å². The summed E-state index contributed by atoms with van der Waals surface area (Å²) in [5.41, 5.74) is 6.17. The van der Waals surface area contributed by atoms with Gasteiger partial charge in [-0.2, -0.15) is 5.26 Å². The summed E-state index contributed by atoms with van der Waals surface area (Å²) in [6, 6.07) is 4.93. The SMILES string of the molecule is N#CC1(n2cc(C(N)c3ccc(F)c(F)c3)nn2)CC1. The van der Waals surface area contributed by atoms with Gasteiger partial charge in [-0.1, -0.05) is 11.3 Å². The molecule has 0 saturated heterocycles. The summed E-state index contributed by atoms with van der Waals surface area (Å²) in [5.74, 6) is -1.88. The van der Waals surface area contributed by atoms with Crippen molar-refractivity contribution in [2.75, 3.05) is 0 Å². The molecule has 5 nitrogen and oxygen atoms in total. The number of nitrogens with zero attached hydrogens (tertiary/aromatic N) is 4. The summed E-state index contributed by atoms with van der Waals surface area (Å²) in [4.78, 5) is 0. The minimum Gasteiger partial charge on any atom is -0.319 e. The summed E-state index contributed by atoms with van der Waals surface area (Å²) >= 11 is 0. The normalized spacial score (nSPS) is 17.5. The van der Waals surface area contributed by atoms with Gasteiger partial charge in [0, 0.05) is 0 Å². The Morgan fingerprint density at radius 1 is 1.35 bits per heavy atom. The maximum absolute atomic E-state index is 13.2. The smallest absolute Gasteiger partial charge is 0.159 e. The van der Waals surface area contributed by atoms with E-state index >= 15 is 0 Å². The van der Waals surface area contributed by atoms with Crippen molar-refractivity contribution in [1.29, 1.82) is 5.26 Å². The molecule has 1 aliphatic rings. The first-order valence-electron chi connectivity index (χ1n) is 6.10. The molecule has 1 unspecified atom stereocenters. The van der Waals surface area contributed by atoms with Crippen molar-refractivity contribution in [2.24, 2.45) is 5.73 Å². The first-order chi connectivity index (χ1) is 9.55. The van der Waals surface area contributed by atoms with E-state index in [1.807, 2.05) is 0 Å². The first-order valence-corrected chi connectivity index (χ1v) is 6.10. The van der Waals surface area contributed by atoms with Crippen molar-refractivity contribution >= 4 is 0 Å². The Kier molecular flexibility index (Phi) is 2.76. The fourth-order valence-corrected chi connectivity index (χ4v) is 2.02. The zero-order valence-corrected chi connectivity index (χ0v) is 10.4. The average Bonchev–Trinajstić information content (AvgIpc) is 3.10. The molecule has 1 saturated carbocycles. The third-order valence-corrected chi connectivity index (χ3v) is 3.50. The molecule has 0 aliphatic heterocycles. The Morgan fingerprint density at radius 2 is 2.10 bits per heavy atom. The van der Waals surface area contributed by atoms with E-state index in [9.17, 15) is 8.78 Å². The number of hydrogen-bond donors (Lipinski definition) is 1. The van der Waals surface area contributed by atoms with Crippen LogP contribution < -0.4 is 5.73 Å². The molecule has 2 N–H and O–H groups in total. The van der Waals surface area contributed by atoms with Gasteiger partial charge in [0.25, 0.3) is 0 Å². The van der Waals surface area contributed by atoms with Gasteiger partial charge in [-0.25, -0.2) is 13.5 Å². The Morgan fingerprint density at radius 3 is 2.70 bits per heavy atom. The van der Waals surface area contributed by atoms with Gasteiger partial charge in [-0.05, 0) is 30.5 Å². The highest BCUT2D eigenvalue weighted by Crippen LogP contribution is 2.42. The van der Waals surface area contributed by atoms with Crippen molar-refractivity contribution in [2.45, 2.75) is 24.4 Å². The molecule has 20 heavy (non-hydrogen) atoms. The van der Waals surface area contributed by atoms with Gasteiger partial charge in [0.2, 0.25) is 0 Å². The van der Waals surface area contributed by atoms with Crippen LogP contribution in [0.5, 0.6) is 0 Å². The lowest BCUT2D eigenvalue weighted by Gasteiger charge is -2.09. The van der Waals surface area contributed by atoms with E-state index < -0.39 is 23.2 Å². The number of hydrogen-bond acceptors (Lipinski definition) is 4. The van der Waals surface area contributed by atoms with E-state index in [0.717, 1.165) is 25.0 Å². The molecule has 1 aromatic carbocycles. The predicted octanol–water partition coefficient (Wildman–Crippen LogP) is 1.62. The van der Waals surface area contributed by atoms with E-state index in [1.165, 1.54) is 10.7 Å². The fourth-order valence-electron chi connectivity index (χ4n) is 2.02.